The number of aliphatic hydroxyl groups is 2. The molecule has 0 fully saturated rings. The van der Waals surface area contributed by atoms with Gasteiger partial charge in [-0.1, -0.05) is 23.7 Å². The number of hydrazine groups is 1. The minimum atomic E-state index is -1.42. The predicted octanol–water partition coefficient (Wildman–Crippen LogP) is -1.87. The first kappa shape index (κ1) is 12.9. The largest absolute Gasteiger partial charge is 0.480 e. The van der Waals surface area contributed by atoms with E-state index in [9.17, 15) is 15.0 Å². The molecule has 1 unspecified atom stereocenters. The number of hydrogen-bond acceptors (Lipinski definition) is 5. The van der Waals surface area contributed by atoms with Gasteiger partial charge in [0.2, 0.25) is 0 Å². The van der Waals surface area contributed by atoms with Gasteiger partial charge in [-0.05, 0) is 6.92 Å². The van der Waals surface area contributed by atoms with Crippen LogP contribution in [-0.2, 0) is 4.79 Å². The molecule has 87 valence electrons. The summed E-state index contributed by atoms with van der Waals surface area (Å²) in [4.78, 5) is 10.9. The monoisotopic (exact) mass is 225 g/mol. The fraction of sp³-hybridized carbons (Fsp3) is 0.444. The van der Waals surface area contributed by atoms with E-state index in [0.29, 0.717) is 5.47 Å². The van der Waals surface area contributed by atoms with Gasteiger partial charge < -0.3 is 15.3 Å². The molecular weight excluding hydrogens is 211 g/mol. The number of carbonyl (C=O) groups is 1. The number of carboxylic acids is 1. The third-order valence-corrected chi connectivity index (χ3v) is 2.40. The van der Waals surface area contributed by atoms with E-state index in [-0.39, 0.29) is 0 Å². The highest BCUT2D eigenvalue weighted by atomic mass is 16.4. The number of rotatable bonds is 4. The topological polar surface area (TPSA) is 116 Å². The van der Waals surface area contributed by atoms with Crippen LogP contribution in [0.15, 0.2) is 23.7 Å². The van der Waals surface area contributed by atoms with Gasteiger partial charge >= 0.3 is 5.97 Å². The SMILES string of the molecule is C[C@@]([B]C1=CC(O)[C@H](O)C=C1)(NN)C(=O)O. The maximum absolute atomic E-state index is 10.9. The lowest BCUT2D eigenvalue weighted by Crippen LogP contribution is -2.58. The van der Waals surface area contributed by atoms with Crippen LogP contribution in [0.1, 0.15) is 6.92 Å². The Kier molecular flexibility index (Phi) is 3.87. The van der Waals surface area contributed by atoms with Crippen LogP contribution in [-0.4, -0.2) is 46.2 Å². The molecule has 0 aliphatic heterocycles. The van der Waals surface area contributed by atoms with Gasteiger partial charge in [-0.3, -0.25) is 16.1 Å². The van der Waals surface area contributed by atoms with Crippen molar-refractivity contribution >= 4 is 13.2 Å². The van der Waals surface area contributed by atoms with Crippen LogP contribution in [0.3, 0.4) is 0 Å². The smallest absolute Gasteiger partial charge is 0.316 e. The first-order valence-electron chi connectivity index (χ1n) is 4.72. The summed E-state index contributed by atoms with van der Waals surface area (Å²) in [5, 5.41) is 27.5. The summed E-state index contributed by atoms with van der Waals surface area (Å²) in [6.07, 6.45) is 2.28. The highest BCUT2D eigenvalue weighted by Crippen LogP contribution is 2.14. The van der Waals surface area contributed by atoms with E-state index >= 15 is 0 Å². The summed E-state index contributed by atoms with van der Waals surface area (Å²) in [6, 6.07) is 0. The molecule has 0 spiro atoms. The molecule has 0 aromatic rings. The minimum Gasteiger partial charge on any atom is -0.480 e. The summed E-state index contributed by atoms with van der Waals surface area (Å²) < 4.78 is 0. The molecule has 7 heteroatoms. The Morgan fingerprint density at radius 2 is 2.19 bits per heavy atom. The van der Waals surface area contributed by atoms with Crippen molar-refractivity contribution in [3.8, 4) is 0 Å². The van der Waals surface area contributed by atoms with Crippen molar-refractivity contribution in [2.24, 2.45) is 5.84 Å². The first-order chi connectivity index (χ1) is 7.39. The van der Waals surface area contributed by atoms with Gasteiger partial charge in [0.25, 0.3) is 0 Å². The number of hydrogen-bond donors (Lipinski definition) is 5. The molecule has 3 atom stereocenters. The quantitative estimate of drug-likeness (QED) is 0.217. The van der Waals surface area contributed by atoms with Gasteiger partial charge in [-0.25, -0.2) is 0 Å². The normalized spacial score (nSPS) is 28.1. The van der Waals surface area contributed by atoms with Crippen molar-refractivity contribution in [3.63, 3.8) is 0 Å². The fourth-order valence-electron chi connectivity index (χ4n) is 1.27. The van der Waals surface area contributed by atoms with E-state index in [1.807, 2.05) is 0 Å². The molecule has 6 N–H and O–H groups in total. The molecule has 1 rings (SSSR count). The number of carboxylic acid groups (broad SMARTS) is 1. The Bertz CT molecular complexity index is 344. The van der Waals surface area contributed by atoms with Crippen molar-refractivity contribution < 1.29 is 20.1 Å². The third-order valence-electron chi connectivity index (χ3n) is 2.40. The van der Waals surface area contributed by atoms with Gasteiger partial charge in [0, 0.05) is 0 Å². The Balaban J connectivity index is 2.78. The summed E-state index contributed by atoms with van der Waals surface area (Å²) in [5.41, 5.74) is 1.25. The van der Waals surface area contributed by atoms with Crippen LogP contribution in [0, 0.1) is 0 Å². The highest BCUT2D eigenvalue weighted by molar-refractivity contribution is 6.55. The first-order valence-corrected chi connectivity index (χ1v) is 4.72. The molecule has 0 aromatic heterocycles. The van der Waals surface area contributed by atoms with Gasteiger partial charge in [-0.2, -0.15) is 0 Å². The number of aliphatic carboxylic acids is 1. The van der Waals surface area contributed by atoms with E-state index in [1.54, 1.807) is 0 Å². The standard InChI is InChI=1S/C9H14BN2O4/c1-9(12-11,8(15)16)10-5-2-3-6(13)7(14)4-5/h2-4,6-7,12-14H,11H2,1H3,(H,15,16)/t6-,7?,9-/m1/s1. The lowest BCUT2D eigenvalue weighted by molar-refractivity contribution is -0.140. The maximum Gasteiger partial charge on any atom is 0.316 e. The average Bonchev–Trinajstić information content (AvgIpc) is 2.23. The van der Waals surface area contributed by atoms with Gasteiger partial charge in [0.15, 0.2) is 7.28 Å². The molecule has 0 amide bonds. The van der Waals surface area contributed by atoms with Crippen LogP contribution in [0.4, 0.5) is 0 Å². The highest BCUT2D eigenvalue weighted by Gasteiger charge is 2.34. The number of nitrogens with one attached hydrogen (secondary N) is 1. The van der Waals surface area contributed by atoms with Crippen molar-refractivity contribution in [1.29, 1.82) is 0 Å². The lowest BCUT2D eigenvalue weighted by atomic mass is 9.53. The molecule has 1 aliphatic rings. The zero-order chi connectivity index (χ0) is 12.3. The molecule has 0 saturated carbocycles. The molecule has 1 aliphatic carbocycles. The fourth-order valence-corrected chi connectivity index (χ4v) is 1.27. The van der Waals surface area contributed by atoms with Gasteiger partial charge in [0.05, 0.1) is 5.44 Å². The second-order valence-electron chi connectivity index (χ2n) is 3.80. The minimum absolute atomic E-state index is 0.487. The number of allylic oxidation sites excluding steroid dienone is 2. The van der Waals surface area contributed by atoms with Crippen molar-refractivity contribution in [2.75, 3.05) is 0 Å². The molecule has 0 aromatic carbocycles. The van der Waals surface area contributed by atoms with E-state index < -0.39 is 23.6 Å². The molecule has 0 heterocycles. The van der Waals surface area contributed by atoms with E-state index in [2.05, 4.69) is 5.43 Å². The van der Waals surface area contributed by atoms with E-state index in [4.69, 9.17) is 10.9 Å². The summed E-state index contributed by atoms with van der Waals surface area (Å²) in [6.45, 7) is 1.39. The Morgan fingerprint density at radius 1 is 1.56 bits per heavy atom. The second-order valence-corrected chi connectivity index (χ2v) is 3.80. The van der Waals surface area contributed by atoms with Crippen molar-refractivity contribution in [2.45, 2.75) is 24.6 Å². The van der Waals surface area contributed by atoms with Crippen LogP contribution in [0.5, 0.6) is 0 Å². The molecule has 0 bridgehead atoms. The molecule has 6 nitrogen and oxygen atoms in total. The Hall–Kier alpha value is -1.15. The lowest BCUT2D eigenvalue weighted by Gasteiger charge is -2.25. The van der Waals surface area contributed by atoms with Gasteiger partial charge in [-0.15, -0.1) is 0 Å². The molecule has 1 radical (unpaired) electrons. The van der Waals surface area contributed by atoms with Crippen LogP contribution in [0.25, 0.3) is 0 Å². The van der Waals surface area contributed by atoms with Crippen molar-refractivity contribution in [3.05, 3.63) is 23.7 Å². The Morgan fingerprint density at radius 3 is 2.62 bits per heavy atom. The number of aliphatic hydroxyl groups excluding tert-OH is 2. The average molecular weight is 225 g/mol. The predicted molar refractivity (Wildman–Crippen MR) is 58.4 cm³/mol. The molecule has 16 heavy (non-hydrogen) atoms. The molecule has 0 saturated heterocycles. The van der Waals surface area contributed by atoms with Gasteiger partial charge in [0.1, 0.15) is 12.2 Å². The maximum atomic E-state index is 10.9. The zero-order valence-electron chi connectivity index (χ0n) is 8.79. The van der Waals surface area contributed by atoms with E-state index in [0.717, 1.165) is 0 Å². The third kappa shape index (κ3) is 2.70. The van der Waals surface area contributed by atoms with Crippen molar-refractivity contribution in [1.82, 2.24) is 5.43 Å². The summed E-state index contributed by atoms with van der Waals surface area (Å²) in [5.74, 6) is 4.03. The van der Waals surface area contributed by atoms with Crippen LogP contribution >= 0.6 is 0 Å². The zero-order valence-corrected chi connectivity index (χ0v) is 8.79. The van der Waals surface area contributed by atoms with Crippen LogP contribution < -0.4 is 11.3 Å². The van der Waals surface area contributed by atoms with E-state index in [1.165, 1.54) is 32.4 Å². The summed E-state index contributed by atoms with van der Waals surface area (Å²) >= 11 is 0. The second kappa shape index (κ2) is 4.79. The molecular formula is C9H14BN2O4. The van der Waals surface area contributed by atoms with Crippen LogP contribution in [0.2, 0.25) is 0 Å². The summed E-state index contributed by atoms with van der Waals surface area (Å²) in [7, 11) is 1.36. The number of nitrogens with two attached hydrogens (primary N) is 1. The Labute approximate surface area is 93.7 Å².